The number of carbonyl (C=O) groups excluding carboxylic acids is 1. The van der Waals surface area contributed by atoms with Crippen LogP contribution in [0.2, 0.25) is 0 Å². The maximum absolute atomic E-state index is 11.5. The van der Waals surface area contributed by atoms with Gasteiger partial charge in [-0.1, -0.05) is 6.08 Å². The Labute approximate surface area is 95.3 Å². The summed E-state index contributed by atoms with van der Waals surface area (Å²) in [5.74, 6) is -0.729. The molecule has 1 rings (SSSR count). The van der Waals surface area contributed by atoms with E-state index in [1.165, 1.54) is 0 Å². The van der Waals surface area contributed by atoms with Crippen LogP contribution in [0.4, 0.5) is 0 Å². The molecule has 0 spiro atoms. The molecule has 0 aromatic rings. The first-order valence-electron chi connectivity index (χ1n) is 5.49. The van der Waals surface area contributed by atoms with Crippen molar-refractivity contribution in [1.82, 2.24) is 9.80 Å². The van der Waals surface area contributed by atoms with Gasteiger partial charge in [0.15, 0.2) is 0 Å². The lowest BCUT2D eigenvalue weighted by molar-refractivity contribution is -0.138. The van der Waals surface area contributed by atoms with Gasteiger partial charge in [0.1, 0.15) is 0 Å². The maximum atomic E-state index is 11.5. The number of carbonyl (C=O) groups is 2. The van der Waals surface area contributed by atoms with E-state index in [1.807, 2.05) is 6.92 Å². The normalized spacial score (nSPS) is 17.9. The molecule has 0 aromatic heterocycles. The minimum absolute atomic E-state index is 0.0420. The molecule has 90 valence electrons. The van der Waals surface area contributed by atoms with E-state index in [-0.39, 0.29) is 12.3 Å². The van der Waals surface area contributed by atoms with Crippen LogP contribution < -0.4 is 0 Å². The van der Waals surface area contributed by atoms with Gasteiger partial charge in [-0.25, -0.2) is 0 Å². The van der Waals surface area contributed by atoms with Crippen molar-refractivity contribution < 1.29 is 14.7 Å². The lowest BCUT2D eigenvalue weighted by atomic mass is 10.3. The second kappa shape index (κ2) is 6.27. The highest BCUT2D eigenvalue weighted by Gasteiger charge is 2.19. The topological polar surface area (TPSA) is 60.9 Å². The van der Waals surface area contributed by atoms with Crippen molar-refractivity contribution in [1.29, 1.82) is 0 Å². The summed E-state index contributed by atoms with van der Waals surface area (Å²) in [4.78, 5) is 25.8. The summed E-state index contributed by atoms with van der Waals surface area (Å²) in [6, 6.07) is 0. The Balaban J connectivity index is 2.28. The molecule has 5 heteroatoms. The quantitative estimate of drug-likeness (QED) is 0.695. The van der Waals surface area contributed by atoms with Crippen LogP contribution in [0.5, 0.6) is 0 Å². The molecule has 1 fully saturated rings. The van der Waals surface area contributed by atoms with Gasteiger partial charge in [0.05, 0.1) is 6.42 Å². The van der Waals surface area contributed by atoms with Crippen molar-refractivity contribution in [3.8, 4) is 0 Å². The second-order valence-corrected chi connectivity index (χ2v) is 3.81. The maximum Gasteiger partial charge on any atom is 0.304 e. The Morgan fingerprint density at radius 2 is 1.88 bits per heavy atom. The predicted octanol–water partition coefficient (Wildman–Crippen LogP) is 0.181. The van der Waals surface area contributed by atoms with Gasteiger partial charge in [-0.05, 0) is 13.0 Å². The molecule has 0 atom stereocenters. The standard InChI is InChI=1S/C11H18N2O3/c1-2-3-10(14)13-8-6-12(7-9-13)5-4-11(15)16/h2-3H,4-9H2,1H3,(H,15,16)/b3-2+. The molecule has 1 aliphatic heterocycles. The van der Waals surface area contributed by atoms with E-state index in [2.05, 4.69) is 4.90 Å². The second-order valence-electron chi connectivity index (χ2n) is 3.81. The van der Waals surface area contributed by atoms with Gasteiger partial charge in [0.2, 0.25) is 5.91 Å². The highest BCUT2D eigenvalue weighted by atomic mass is 16.4. The lowest BCUT2D eigenvalue weighted by Gasteiger charge is -2.33. The fraction of sp³-hybridized carbons (Fsp3) is 0.636. The van der Waals surface area contributed by atoms with Crippen molar-refractivity contribution >= 4 is 11.9 Å². The number of allylic oxidation sites excluding steroid dienone is 1. The smallest absolute Gasteiger partial charge is 0.304 e. The zero-order chi connectivity index (χ0) is 12.0. The number of hydrogen-bond donors (Lipinski definition) is 1. The van der Waals surface area contributed by atoms with Crippen LogP contribution in [0.1, 0.15) is 13.3 Å². The van der Waals surface area contributed by atoms with Crippen molar-refractivity contribution in [2.75, 3.05) is 32.7 Å². The Kier molecular flexibility index (Phi) is 4.98. The first-order valence-corrected chi connectivity index (χ1v) is 5.49. The molecule has 0 aromatic carbocycles. The van der Waals surface area contributed by atoms with Gasteiger partial charge in [-0.3, -0.25) is 14.5 Å². The van der Waals surface area contributed by atoms with Crippen LogP contribution >= 0.6 is 0 Å². The number of piperazine rings is 1. The SMILES string of the molecule is C/C=C/C(=O)N1CCN(CCC(=O)O)CC1. The van der Waals surface area contributed by atoms with Gasteiger partial charge in [0, 0.05) is 32.7 Å². The highest BCUT2D eigenvalue weighted by molar-refractivity contribution is 5.87. The van der Waals surface area contributed by atoms with E-state index < -0.39 is 5.97 Å². The average Bonchev–Trinajstić information content (AvgIpc) is 2.27. The van der Waals surface area contributed by atoms with E-state index in [4.69, 9.17) is 5.11 Å². The van der Waals surface area contributed by atoms with E-state index in [1.54, 1.807) is 17.1 Å². The Bertz CT molecular complexity index is 281. The van der Waals surface area contributed by atoms with Gasteiger partial charge in [-0.15, -0.1) is 0 Å². The van der Waals surface area contributed by atoms with Crippen molar-refractivity contribution in [2.24, 2.45) is 0 Å². The number of hydrogen-bond acceptors (Lipinski definition) is 3. The van der Waals surface area contributed by atoms with Crippen molar-refractivity contribution in [2.45, 2.75) is 13.3 Å². The summed E-state index contributed by atoms with van der Waals surface area (Å²) in [6.07, 6.45) is 3.47. The summed E-state index contributed by atoms with van der Waals surface area (Å²) >= 11 is 0. The third-order valence-electron chi connectivity index (χ3n) is 2.64. The minimum atomic E-state index is -0.771. The molecule has 0 radical (unpaired) electrons. The molecule has 1 N–H and O–H groups in total. The van der Waals surface area contributed by atoms with Gasteiger partial charge in [-0.2, -0.15) is 0 Å². The third-order valence-corrected chi connectivity index (χ3v) is 2.64. The van der Waals surface area contributed by atoms with Crippen molar-refractivity contribution in [3.63, 3.8) is 0 Å². The van der Waals surface area contributed by atoms with E-state index >= 15 is 0 Å². The number of carboxylic acid groups (broad SMARTS) is 1. The van der Waals surface area contributed by atoms with Crippen LogP contribution in [0.15, 0.2) is 12.2 Å². The Hall–Kier alpha value is -1.36. The number of nitrogens with zero attached hydrogens (tertiary/aromatic N) is 2. The fourth-order valence-corrected chi connectivity index (χ4v) is 1.69. The number of amides is 1. The largest absolute Gasteiger partial charge is 0.481 e. The molecule has 5 nitrogen and oxygen atoms in total. The minimum Gasteiger partial charge on any atom is -0.481 e. The van der Waals surface area contributed by atoms with Crippen LogP contribution in [0, 0.1) is 0 Å². The van der Waals surface area contributed by atoms with Gasteiger partial charge < -0.3 is 10.0 Å². The summed E-state index contributed by atoms with van der Waals surface area (Å²) in [5, 5.41) is 8.55. The average molecular weight is 226 g/mol. The predicted molar refractivity (Wildman–Crippen MR) is 60.1 cm³/mol. The molecular formula is C11H18N2O3. The van der Waals surface area contributed by atoms with E-state index in [9.17, 15) is 9.59 Å². The summed E-state index contributed by atoms with van der Waals surface area (Å²) in [7, 11) is 0. The molecule has 1 aliphatic rings. The molecule has 0 bridgehead atoms. The zero-order valence-electron chi connectivity index (χ0n) is 9.56. The molecule has 1 amide bonds. The van der Waals surface area contributed by atoms with Crippen molar-refractivity contribution in [3.05, 3.63) is 12.2 Å². The first kappa shape index (κ1) is 12.7. The number of rotatable bonds is 4. The van der Waals surface area contributed by atoms with Crippen LogP contribution in [-0.2, 0) is 9.59 Å². The molecule has 0 aliphatic carbocycles. The zero-order valence-corrected chi connectivity index (χ0v) is 9.56. The number of carboxylic acids is 1. The molecule has 16 heavy (non-hydrogen) atoms. The van der Waals surface area contributed by atoms with Crippen LogP contribution in [0.3, 0.4) is 0 Å². The summed E-state index contributed by atoms with van der Waals surface area (Å²) in [6.45, 7) is 5.28. The third kappa shape index (κ3) is 4.02. The lowest BCUT2D eigenvalue weighted by Crippen LogP contribution is -2.48. The monoisotopic (exact) mass is 226 g/mol. The number of aliphatic carboxylic acids is 1. The molecule has 1 heterocycles. The fourth-order valence-electron chi connectivity index (χ4n) is 1.69. The molecule has 0 saturated carbocycles. The summed E-state index contributed by atoms with van der Waals surface area (Å²) in [5.41, 5.74) is 0. The van der Waals surface area contributed by atoms with E-state index in [0.29, 0.717) is 19.6 Å². The Morgan fingerprint density at radius 1 is 1.25 bits per heavy atom. The van der Waals surface area contributed by atoms with Crippen LogP contribution in [0.25, 0.3) is 0 Å². The van der Waals surface area contributed by atoms with Crippen LogP contribution in [-0.4, -0.2) is 59.5 Å². The Morgan fingerprint density at radius 3 is 2.38 bits per heavy atom. The molecule has 0 unspecified atom stereocenters. The first-order chi connectivity index (χ1) is 7.63. The summed E-state index contributed by atoms with van der Waals surface area (Å²) < 4.78 is 0. The van der Waals surface area contributed by atoms with E-state index in [0.717, 1.165) is 13.1 Å². The van der Waals surface area contributed by atoms with Gasteiger partial charge in [0.25, 0.3) is 0 Å². The molecule has 1 saturated heterocycles. The molecular weight excluding hydrogens is 208 g/mol. The highest BCUT2D eigenvalue weighted by Crippen LogP contribution is 2.03. The van der Waals surface area contributed by atoms with Gasteiger partial charge >= 0.3 is 5.97 Å².